The maximum Gasteiger partial charge on any atom is 0.238 e. The molecule has 0 aliphatic heterocycles. The number of carbonyl (C=O) groups is 1. The topological polar surface area (TPSA) is 55.1 Å². The van der Waals surface area contributed by atoms with Crippen LogP contribution in [0.2, 0.25) is 0 Å². The van der Waals surface area contributed by atoms with Crippen molar-refractivity contribution in [1.29, 1.82) is 0 Å². The van der Waals surface area contributed by atoms with Crippen LogP contribution in [0, 0.1) is 18.2 Å². The summed E-state index contributed by atoms with van der Waals surface area (Å²) in [6.45, 7) is 1.76. The number of amides is 1. The predicted molar refractivity (Wildman–Crippen MR) is 64.4 cm³/mol. The summed E-state index contributed by atoms with van der Waals surface area (Å²) < 4.78 is 13.0. The van der Waals surface area contributed by atoms with E-state index in [2.05, 4.69) is 11.2 Å². The molecule has 0 saturated carbocycles. The SMILES string of the molecule is C#CCC(N)C(=O)N[C@H](C)c1cccc(F)c1. The summed E-state index contributed by atoms with van der Waals surface area (Å²) in [6.07, 6.45) is 5.25. The zero-order valence-corrected chi connectivity index (χ0v) is 9.61. The minimum Gasteiger partial charge on any atom is -0.348 e. The van der Waals surface area contributed by atoms with Gasteiger partial charge in [-0.15, -0.1) is 12.3 Å². The number of halogens is 1. The van der Waals surface area contributed by atoms with E-state index in [1.54, 1.807) is 19.1 Å². The molecule has 0 aromatic heterocycles. The van der Waals surface area contributed by atoms with Crippen LogP contribution in [-0.2, 0) is 4.79 Å². The Hall–Kier alpha value is -1.86. The molecule has 90 valence electrons. The van der Waals surface area contributed by atoms with E-state index in [0.29, 0.717) is 5.56 Å². The van der Waals surface area contributed by atoms with Gasteiger partial charge in [-0.2, -0.15) is 0 Å². The summed E-state index contributed by atoms with van der Waals surface area (Å²) >= 11 is 0. The van der Waals surface area contributed by atoms with Crippen molar-refractivity contribution in [2.75, 3.05) is 0 Å². The lowest BCUT2D eigenvalue weighted by molar-refractivity contribution is -0.122. The van der Waals surface area contributed by atoms with E-state index in [9.17, 15) is 9.18 Å². The highest BCUT2D eigenvalue weighted by atomic mass is 19.1. The second-order valence-corrected chi connectivity index (χ2v) is 3.80. The number of nitrogens with one attached hydrogen (secondary N) is 1. The molecule has 17 heavy (non-hydrogen) atoms. The minimum absolute atomic E-state index is 0.182. The van der Waals surface area contributed by atoms with E-state index in [-0.39, 0.29) is 24.2 Å². The Balaban J connectivity index is 2.64. The molecule has 1 aromatic rings. The highest BCUT2D eigenvalue weighted by Gasteiger charge is 2.15. The van der Waals surface area contributed by atoms with Crippen LogP contribution in [0.3, 0.4) is 0 Å². The van der Waals surface area contributed by atoms with E-state index in [4.69, 9.17) is 12.2 Å². The Kier molecular flexibility index (Phi) is 4.68. The van der Waals surface area contributed by atoms with Crippen LogP contribution >= 0.6 is 0 Å². The Bertz CT molecular complexity index is 439. The molecule has 0 spiro atoms. The Morgan fingerprint density at radius 2 is 2.35 bits per heavy atom. The zero-order chi connectivity index (χ0) is 12.8. The lowest BCUT2D eigenvalue weighted by atomic mass is 10.1. The van der Waals surface area contributed by atoms with Crippen LogP contribution in [-0.4, -0.2) is 11.9 Å². The van der Waals surface area contributed by atoms with Crippen LogP contribution in [0.4, 0.5) is 4.39 Å². The van der Waals surface area contributed by atoms with E-state index in [1.807, 2.05) is 0 Å². The fourth-order valence-corrected chi connectivity index (χ4v) is 1.40. The van der Waals surface area contributed by atoms with E-state index < -0.39 is 6.04 Å². The molecule has 0 radical (unpaired) electrons. The molecule has 1 rings (SSSR count). The third kappa shape index (κ3) is 3.89. The van der Waals surface area contributed by atoms with Gasteiger partial charge >= 0.3 is 0 Å². The van der Waals surface area contributed by atoms with Crippen molar-refractivity contribution in [3.05, 3.63) is 35.6 Å². The van der Waals surface area contributed by atoms with Crippen molar-refractivity contribution < 1.29 is 9.18 Å². The minimum atomic E-state index is -0.726. The molecule has 3 N–H and O–H groups in total. The van der Waals surface area contributed by atoms with Gasteiger partial charge in [0, 0.05) is 6.42 Å². The van der Waals surface area contributed by atoms with Gasteiger partial charge < -0.3 is 11.1 Å². The molecule has 0 aliphatic carbocycles. The molecule has 0 bridgehead atoms. The lowest BCUT2D eigenvalue weighted by Gasteiger charge is -2.16. The summed E-state index contributed by atoms with van der Waals surface area (Å²) in [5.74, 6) is 1.65. The summed E-state index contributed by atoms with van der Waals surface area (Å²) in [5, 5.41) is 2.68. The first kappa shape index (κ1) is 13.2. The fraction of sp³-hybridized carbons (Fsp3) is 0.308. The van der Waals surface area contributed by atoms with Crippen LogP contribution < -0.4 is 11.1 Å². The molecular weight excluding hydrogens is 219 g/mol. The van der Waals surface area contributed by atoms with Crippen LogP contribution in [0.15, 0.2) is 24.3 Å². The first-order valence-corrected chi connectivity index (χ1v) is 5.29. The number of nitrogens with two attached hydrogens (primary N) is 1. The molecule has 0 saturated heterocycles. The van der Waals surface area contributed by atoms with Gasteiger partial charge in [-0.1, -0.05) is 12.1 Å². The number of hydrogen-bond acceptors (Lipinski definition) is 2. The molecule has 1 unspecified atom stereocenters. The highest BCUT2D eigenvalue weighted by molar-refractivity contribution is 5.82. The van der Waals surface area contributed by atoms with Gasteiger partial charge in [-0.05, 0) is 24.6 Å². The molecule has 4 heteroatoms. The molecular formula is C13H15FN2O. The van der Waals surface area contributed by atoms with Crippen LogP contribution in [0.5, 0.6) is 0 Å². The highest BCUT2D eigenvalue weighted by Crippen LogP contribution is 2.13. The monoisotopic (exact) mass is 234 g/mol. The van der Waals surface area contributed by atoms with Gasteiger partial charge in [0.25, 0.3) is 0 Å². The van der Waals surface area contributed by atoms with Crippen molar-refractivity contribution in [3.63, 3.8) is 0 Å². The summed E-state index contributed by atoms with van der Waals surface area (Å²) in [6, 6.07) is 5.02. The lowest BCUT2D eigenvalue weighted by Crippen LogP contribution is -2.41. The number of rotatable bonds is 4. The van der Waals surface area contributed by atoms with Gasteiger partial charge in [-0.25, -0.2) is 4.39 Å². The average Bonchev–Trinajstić information content (AvgIpc) is 2.29. The molecule has 2 atom stereocenters. The van der Waals surface area contributed by atoms with Crippen molar-refractivity contribution in [3.8, 4) is 12.3 Å². The van der Waals surface area contributed by atoms with E-state index >= 15 is 0 Å². The number of terminal acetylenes is 1. The normalized spacial score (nSPS) is 13.5. The fourth-order valence-electron chi connectivity index (χ4n) is 1.40. The standard InChI is InChI=1S/C13H15FN2O/c1-3-5-12(15)13(17)16-9(2)10-6-4-7-11(14)8-10/h1,4,6-9,12H,5,15H2,2H3,(H,16,17)/t9-,12?/m1/s1. The smallest absolute Gasteiger partial charge is 0.238 e. The Labute approximate surface area is 100 Å². The first-order chi connectivity index (χ1) is 8.04. The van der Waals surface area contributed by atoms with Gasteiger partial charge in [0.2, 0.25) is 5.91 Å². The summed E-state index contributed by atoms with van der Waals surface area (Å²) in [7, 11) is 0. The largest absolute Gasteiger partial charge is 0.348 e. The quantitative estimate of drug-likeness (QED) is 0.773. The van der Waals surface area contributed by atoms with Gasteiger partial charge in [0.05, 0.1) is 12.1 Å². The molecule has 1 amide bonds. The Morgan fingerprint density at radius 3 is 2.94 bits per heavy atom. The molecule has 1 aromatic carbocycles. The van der Waals surface area contributed by atoms with Crippen LogP contribution in [0.1, 0.15) is 24.9 Å². The Morgan fingerprint density at radius 1 is 1.65 bits per heavy atom. The zero-order valence-electron chi connectivity index (χ0n) is 9.61. The maximum atomic E-state index is 13.0. The van der Waals surface area contributed by atoms with Gasteiger partial charge in [0.15, 0.2) is 0 Å². The van der Waals surface area contributed by atoms with Crippen LogP contribution in [0.25, 0.3) is 0 Å². The summed E-state index contributed by atoms with van der Waals surface area (Å²) in [4.78, 5) is 11.6. The van der Waals surface area contributed by atoms with Gasteiger partial charge in [0.1, 0.15) is 5.82 Å². The number of carbonyl (C=O) groups excluding carboxylic acids is 1. The third-order valence-electron chi connectivity index (χ3n) is 2.38. The number of benzene rings is 1. The third-order valence-corrected chi connectivity index (χ3v) is 2.38. The second-order valence-electron chi connectivity index (χ2n) is 3.80. The molecule has 0 heterocycles. The molecule has 3 nitrogen and oxygen atoms in total. The molecule has 0 fully saturated rings. The first-order valence-electron chi connectivity index (χ1n) is 5.29. The predicted octanol–water partition coefficient (Wildman–Crippen LogP) is 1.35. The maximum absolute atomic E-state index is 13.0. The molecule has 0 aliphatic rings. The average molecular weight is 234 g/mol. The van der Waals surface area contributed by atoms with E-state index in [0.717, 1.165) is 0 Å². The van der Waals surface area contributed by atoms with Crippen molar-refractivity contribution in [2.24, 2.45) is 5.73 Å². The second kappa shape index (κ2) is 6.02. The van der Waals surface area contributed by atoms with Crippen molar-refractivity contribution >= 4 is 5.91 Å². The summed E-state index contributed by atoms with van der Waals surface area (Å²) in [5.41, 5.74) is 6.24. The van der Waals surface area contributed by atoms with E-state index in [1.165, 1.54) is 12.1 Å². The van der Waals surface area contributed by atoms with Gasteiger partial charge in [-0.3, -0.25) is 4.79 Å². The van der Waals surface area contributed by atoms with Crippen molar-refractivity contribution in [1.82, 2.24) is 5.32 Å². The number of hydrogen-bond donors (Lipinski definition) is 2. The van der Waals surface area contributed by atoms with Crippen molar-refractivity contribution in [2.45, 2.75) is 25.4 Å².